The van der Waals surface area contributed by atoms with Gasteiger partial charge in [-0.05, 0) is 157 Å². The number of carbonyl (C=O) groups is 11. The van der Waals surface area contributed by atoms with Crippen LogP contribution in [0, 0.1) is 0 Å². The third-order valence-electron chi connectivity index (χ3n) is 13.2. The summed E-state index contributed by atoms with van der Waals surface area (Å²) in [5.41, 5.74) is 5.94. The van der Waals surface area contributed by atoms with Crippen LogP contribution in [0.3, 0.4) is 0 Å². The van der Waals surface area contributed by atoms with E-state index >= 15 is 0 Å². The first-order valence-corrected chi connectivity index (χ1v) is 37.7. The van der Waals surface area contributed by atoms with Crippen molar-refractivity contribution >= 4 is 88.8 Å². The molecule has 0 aliphatic heterocycles. The number of carboxylic acids is 1. The van der Waals surface area contributed by atoms with Gasteiger partial charge in [-0.1, -0.05) is 128 Å². The fraction of sp³-hybridized carbons (Fsp3) is 0.531. The number of benzene rings is 2. The molecule has 1 aromatic heterocycles. The molecule has 8 N–H and O–H groups in total. The smallest absolute Gasteiger partial charge is 0.410 e. The van der Waals surface area contributed by atoms with Crippen molar-refractivity contribution in [3.05, 3.63) is 163 Å². The Bertz CT molecular complexity index is 3190. The van der Waals surface area contributed by atoms with Gasteiger partial charge in [0.05, 0.1) is 30.5 Å². The van der Waals surface area contributed by atoms with Crippen molar-refractivity contribution in [3.8, 4) is 0 Å². The van der Waals surface area contributed by atoms with Crippen LogP contribution in [-0.4, -0.2) is 200 Å². The lowest BCUT2D eigenvalue weighted by atomic mass is 10.1. The summed E-state index contributed by atoms with van der Waals surface area (Å²) in [7, 11) is 6.29. The number of halogens is 2. The molecule has 0 bridgehead atoms. The molecule has 7 amide bonds. The summed E-state index contributed by atoms with van der Waals surface area (Å²) >= 11 is 9.53. The molecule has 110 heavy (non-hydrogen) atoms. The third-order valence-corrected chi connectivity index (χ3v) is 13.2. The van der Waals surface area contributed by atoms with Gasteiger partial charge in [-0.2, -0.15) is 0 Å². The molecule has 27 nitrogen and oxygen atoms in total. The maximum absolute atomic E-state index is 12.3. The molecule has 0 aliphatic carbocycles. The number of amides is 7. The number of nitrogens with two attached hydrogens (primary N) is 1. The number of carbonyl (C=O) groups excluding carboxylic acids is 10. The fourth-order valence-electron chi connectivity index (χ4n) is 8.14. The number of alkyl carbamates (subject to hydrolysis) is 3. The topological polar surface area (TPSA) is 363 Å². The number of nitrogens with one attached hydrogen (secondary N) is 5. The molecule has 616 valence electrons. The van der Waals surface area contributed by atoms with E-state index in [1.807, 2.05) is 102 Å². The Morgan fingerprint density at radius 3 is 1.25 bits per heavy atom. The Hall–Kier alpha value is -9.44. The van der Waals surface area contributed by atoms with Crippen LogP contribution in [0.15, 0.2) is 146 Å². The SMILES string of the molecule is CC(C)(C)OC(=O)NCCN.CC/C=C\C/C=C\C/C=C\C/C=C\C/C=C\CCCC(=O)N(C)CC(=O)CCCNC(=O)c1cccnc1.CN(CC(=O)CCCNC(=O)OC(C)(C)C)C(=O)OCc1ccccc1.CN(CC(=O)O)C(=O)OCc1ccccc1.CNCC(=O)CCCNC(=O)OC(C)(C)C.ClCCl. The molecule has 3 aromatic rings. The number of ether oxygens (including phenoxy) is 5. The Kier molecular flexibility index (Phi) is 63.3. The van der Waals surface area contributed by atoms with Crippen LogP contribution in [0.1, 0.15) is 181 Å². The second-order valence-electron chi connectivity index (χ2n) is 27.2. The molecular weight excluding hydrogens is 1460 g/mol. The van der Waals surface area contributed by atoms with Gasteiger partial charge in [0.25, 0.3) is 5.91 Å². The molecule has 0 saturated heterocycles. The number of hydrogen-bond acceptors (Lipinski definition) is 19. The number of aromatic nitrogens is 1. The van der Waals surface area contributed by atoms with Crippen LogP contribution in [0.4, 0.5) is 24.0 Å². The predicted molar refractivity (Wildman–Crippen MR) is 434 cm³/mol. The molecule has 0 fully saturated rings. The molecule has 0 atom stereocenters. The number of likely N-dealkylation sites (N-methyl/N-ethyl adjacent to an activating group) is 4. The number of hydrogen-bond donors (Lipinski definition) is 7. The van der Waals surface area contributed by atoms with Gasteiger partial charge in [-0.15, -0.1) is 23.2 Å². The third kappa shape index (κ3) is 71.5. The number of aliphatic carboxylic acids is 1. The summed E-state index contributed by atoms with van der Waals surface area (Å²) in [6, 6.07) is 21.9. The molecule has 0 spiro atoms. The van der Waals surface area contributed by atoms with Crippen molar-refractivity contribution in [2.75, 3.05) is 92.4 Å². The van der Waals surface area contributed by atoms with Crippen molar-refractivity contribution in [2.24, 2.45) is 5.73 Å². The van der Waals surface area contributed by atoms with Crippen LogP contribution < -0.4 is 32.3 Å². The highest BCUT2D eigenvalue weighted by Gasteiger charge is 2.20. The number of nitrogens with zero attached hydrogens (tertiary/aromatic N) is 4. The minimum absolute atomic E-state index is 0.00527. The molecule has 29 heteroatoms. The first-order chi connectivity index (χ1) is 52.0. The highest BCUT2D eigenvalue weighted by Crippen LogP contribution is 2.11. The van der Waals surface area contributed by atoms with Gasteiger partial charge < -0.3 is 75.8 Å². The Morgan fingerprint density at radius 1 is 0.491 bits per heavy atom. The molecule has 0 aliphatic rings. The van der Waals surface area contributed by atoms with E-state index in [-0.39, 0.29) is 73.8 Å². The van der Waals surface area contributed by atoms with Crippen molar-refractivity contribution in [1.82, 2.24) is 46.3 Å². The number of allylic oxidation sites excluding steroid dienone is 10. The number of alkyl halides is 2. The lowest BCUT2D eigenvalue weighted by Crippen LogP contribution is -2.35. The predicted octanol–water partition coefficient (Wildman–Crippen LogP) is 14.0. The largest absolute Gasteiger partial charge is 0.480 e. The van der Waals surface area contributed by atoms with Gasteiger partial charge in [0.2, 0.25) is 5.91 Å². The average molecular weight is 1580 g/mol. The molecule has 1 heterocycles. The van der Waals surface area contributed by atoms with E-state index < -0.39 is 53.2 Å². The average Bonchev–Trinajstić information content (AvgIpc) is 0.930. The summed E-state index contributed by atoms with van der Waals surface area (Å²) in [6.45, 7) is 20.8. The van der Waals surface area contributed by atoms with Gasteiger partial charge in [-0.3, -0.25) is 33.8 Å². The van der Waals surface area contributed by atoms with Crippen LogP contribution in [0.2, 0.25) is 0 Å². The number of rotatable bonds is 40. The number of unbranched alkanes of at least 4 members (excludes halogenated alkanes) is 1. The lowest BCUT2D eigenvalue weighted by Gasteiger charge is -2.19. The van der Waals surface area contributed by atoms with E-state index in [4.69, 9.17) is 57.7 Å². The number of ketones is 3. The zero-order chi connectivity index (χ0) is 83.4. The molecule has 0 radical (unpaired) electrons. The van der Waals surface area contributed by atoms with E-state index in [0.717, 1.165) is 61.0 Å². The quantitative estimate of drug-likeness (QED) is 0.0120. The zero-order valence-corrected chi connectivity index (χ0v) is 68.9. The molecule has 3 rings (SSSR count). The number of carboxylic acid groups (broad SMARTS) is 1. The van der Waals surface area contributed by atoms with E-state index in [2.05, 4.69) is 99.3 Å². The highest BCUT2D eigenvalue weighted by atomic mass is 35.5. The van der Waals surface area contributed by atoms with Crippen LogP contribution in [0.5, 0.6) is 0 Å². The van der Waals surface area contributed by atoms with E-state index in [1.54, 1.807) is 53.2 Å². The normalized spacial score (nSPS) is 10.9. The Balaban J connectivity index is -0.00000138. The molecule has 2 aromatic carbocycles. The lowest BCUT2D eigenvalue weighted by molar-refractivity contribution is -0.137. The summed E-state index contributed by atoms with van der Waals surface area (Å²) in [5.74, 6) is -1.25. The second-order valence-corrected chi connectivity index (χ2v) is 28.0. The van der Waals surface area contributed by atoms with Gasteiger partial charge in [0.1, 0.15) is 42.3 Å². The van der Waals surface area contributed by atoms with Crippen molar-refractivity contribution in [2.45, 2.75) is 189 Å². The van der Waals surface area contributed by atoms with Gasteiger partial charge in [0, 0.05) is 91.9 Å². The minimum atomic E-state index is -1.07. The van der Waals surface area contributed by atoms with Crippen LogP contribution in [-0.2, 0) is 60.9 Å². The van der Waals surface area contributed by atoms with Crippen molar-refractivity contribution in [3.63, 3.8) is 0 Å². The van der Waals surface area contributed by atoms with E-state index in [9.17, 15) is 52.7 Å². The van der Waals surface area contributed by atoms with Crippen LogP contribution >= 0.6 is 23.2 Å². The Labute approximate surface area is 663 Å². The van der Waals surface area contributed by atoms with Crippen molar-refractivity contribution in [1.29, 1.82) is 0 Å². The van der Waals surface area contributed by atoms with E-state index in [0.29, 0.717) is 83.4 Å². The zero-order valence-electron chi connectivity index (χ0n) is 67.3. The maximum atomic E-state index is 12.3. The van der Waals surface area contributed by atoms with E-state index in [1.165, 1.54) is 30.1 Å². The summed E-state index contributed by atoms with van der Waals surface area (Å²) in [6.07, 6.45) is 31.9. The summed E-state index contributed by atoms with van der Waals surface area (Å²) in [5, 5.41) is 21.9. The second kappa shape index (κ2) is 66.5. The first kappa shape index (κ1) is 105. The monoisotopic (exact) mass is 1580 g/mol. The Morgan fingerprint density at radius 2 is 0.873 bits per heavy atom. The van der Waals surface area contributed by atoms with Crippen LogP contribution in [0.25, 0.3) is 0 Å². The molecule has 0 unspecified atom stereocenters. The summed E-state index contributed by atoms with van der Waals surface area (Å²) in [4.78, 5) is 134. The standard InChI is InChI=1S/C32H45N3O3.C19H28N2O5.C11H22N2O3.C11H13NO4.C7H16N2O2.CH2Cl2/c1-3-4-5-6-7-8-9-10-11-12-13-14-15-16-17-18-19-24-31(37)35(2)28-30(36)23-21-26-34-32(38)29-22-20-25-33-27-29;1-19(2,3)26-17(23)20-12-8-11-16(22)13-21(4)18(24)25-14-15-9-6-5-7-10-15;1-11(2,3)16-10(15)13-7-5-6-9(14)8-12-4;1-12(7-10(13)14)11(15)16-8-9-5-3-2-4-6-9;1-7(2,3)11-6(10)9-5-4-8;2-1-3/h4-5,7-8,10-11,13-14,16-17,20,22,25,27H,3,6,9,12,15,18-19,21,23-24,26,28H2,1-2H3,(H,34,38);5-7,9-10H,8,11-14H2,1-4H3,(H,20,23);12H,5-8H2,1-4H3,(H,13,15);2-6H,7-8H2,1H3,(H,13,14);4-5,8H2,1-3H3,(H,9,10);1H2/b5-4-,8-7-,11-10-,14-13-,17-16-;;;;;. The molecule has 0 saturated carbocycles. The fourth-order valence-corrected chi connectivity index (χ4v) is 8.14. The van der Waals surface area contributed by atoms with Gasteiger partial charge in [-0.25, -0.2) is 24.0 Å². The van der Waals surface area contributed by atoms with Crippen molar-refractivity contribution < 1.29 is 81.5 Å². The highest BCUT2D eigenvalue weighted by molar-refractivity contribution is 6.40. The minimum Gasteiger partial charge on any atom is -0.480 e. The molecular formula is C81H126Cl2N10O17. The number of pyridine rings is 1. The number of Topliss-reactive ketones (excluding diaryl/α,β-unsaturated/α-hetero) is 3. The maximum Gasteiger partial charge on any atom is 0.410 e. The van der Waals surface area contributed by atoms with Gasteiger partial charge in [0.15, 0.2) is 11.6 Å². The van der Waals surface area contributed by atoms with Gasteiger partial charge >= 0.3 is 36.4 Å². The first-order valence-electron chi connectivity index (χ1n) is 36.7. The summed E-state index contributed by atoms with van der Waals surface area (Å²) < 4.78 is 25.1.